The predicted octanol–water partition coefficient (Wildman–Crippen LogP) is 1.37. The van der Waals surface area contributed by atoms with Gasteiger partial charge in [-0.2, -0.15) is 0 Å². The SMILES string of the molecule is CCN[C@H](COC(=O)NC)C(C)(C)C. The second-order valence-electron chi connectivity index (χ2n) is 4.32. The van der Waals surface area contributed by atoms with Crippen LogP contribution >= 0.6 is 0 Å². The minimum Gasteiger partial charge on any atom is -0.448 e. The molecule has 0 saturated carbocycles. The Balaban J connectivity index is 4.04. The van der Waals surface area contributed by atoms with Crippen molar-refractivity contribution in [3.63, 3.8) is 0 Å². The maximum Gasteiger partial charge on any atom is 0.406 e. The van der Waals surface area contributed by atoms with Gasteiger partial charge in [-0.25, -0.2) is 4.79 Å². The number of likely N-dealkylation sites (N-methyl/N-ethyl adjacent to an activating group) is 1. The Kier molecular flexibility index (Phi) is 5.53. The molecule has 0 aliphatic heterocycles. The molecule has 4 heteroatoms. The molecule has 0 aliphatic rings. The normalized spacial score (nSPS) is 13.5. The molecule has 14 heavy (non-hydrogen) atoms. The van der Waals surface area contributed by atoms with E-state index in [-0.39, 0.29) is 17.6 Å². The monoisotopic (exact) mass is 202 g/mol. The van der Waals surface area contributed by atoms with E-state index in [2.05, 4.69) is 31.4 Å². The molecule has 0 saturated heterocycles. The van der Waals surface area contributed by atoms with Crippen molar-refractivity contribution < 1.29 is 9.53 Å². The van der Waals surface area contributed by atoms with Gasteiger partial charge in [-0.15, -0.1) is 0 Å². The van der Waals surface area contributed by atoms with Crippen LogP contribution in [0.2, 0.25) is 0 Å². The Morgan fingerprint density at radius 1 is 1.43 bits per heavy atom. The summed E-state index contributed by atoms with van der Waals surface area (Å²) in [6.45, 7) is 9.67. The molecule has 0 bridgehead atoms. The first kappa shape index (κ1) is 13.2. The lowest BCUT2D eigenvalue weighted by atomic mass is 9.87. The van der Waals surface area contributed by atoms with Crippen molar-refractivity contribution >= 4 is 6.09 Å². The van der Waals surface area contributed by atoms with Crippen molar-refractivity contribution in [2.24, 2.45) is 5.41 Å². The first-order valence-corrected chi connectivity index (χ1v) is 4.99. The van der Waals surface area contributed by atoms with Crippen LogP contribution in [0.15, 0.2) is 0 Å². The van der Waals surface area contributed by atoms with E-state index in [4.69, 9.17) is 4.74 Å². The maximum atomic E-state index is 10.9. The summed E-state index contributed by atoms with van der Waals surface area (Å²) in [5.74, 6) is 0. The molecule has 0 unspecified atom stereocenters. The molecule has 0 aromatic rings. The summed E-state index contributed by atoms with van der Waals surface area (Å²) in [4.78, 5) is 10.9. The molecule has 4 nitrogen and oxygen atoms in total. The average molecular weight is 202 g/mol. The summed E-state index contributed by atoms with van der Waals surface area (Å²) in [5, 5.41) is 5.72. The standard InChI is InChI=1S/C10H22N2O2/c1-6-12-8(10(2,3)4)7-14-9(13)11-5/h8,12H,6-7H2,1-5H3,(H,11,13)/t8-/m1/s1. The summed E-state index contributed by atoms with van der Waals surface area (Å²) in [6, 6.07) is 0.185. The summed E-state index contributed by atoms with van der Waals surface area (Å²) in [7, 11) is 1.56. The van der Waals surface area contributed by atoms with Crippen molar-refractivity contribution in [1.29, 1.82) is 0 Å². The second kappa shape index (κ2) is 5.86. The maximum absolute atomic E-state index is 10.9. The van der Waals surface area contributed by atoms with Crippen molar-refractivity contribution in [3.05, 3.63) is 0 Å². The third-order valence-electron chi connectivity index (χ3n) is 2.08. The Morgan fingerprint density at radius 2 is 2.00 bits per heavy atom. The Hall–Kier alpha value is -0.770. The molecule has 0 heterocycles. The number of hydrogen-bond acceptors (Lipinski definition) is 3. The minimum absolute atomic E-state index is 0.0873. The lowest BCUT2D eigenvalue weighted by molar-refractivity contribution is 0.108. The van der Waals surface area contributed by atoms with E-state index in [9.17, 15) is 4.79 Å². The molecule has 2 N–H and O–H groups in total. The molecule has 84 valence electrons. The smallest absolute Gasteiger partial charge is 0.406 e. The van der Waals surface area contributed by atoms with E-state index < -0.39 is 0 Å². The van der Waals surface area contributed by atoms with Crippen molar-refractivity contribution in [2.45, 2.75) is 33.7 Å². The first-order chi connectivity index (χ1) is 6.41. The Labute approximate surface area is 86.4 Å². The van der Waals surface area contributed by atoms with Crippen LogP contribution in [0, 0.1) is 5.41 Å². The molecular formula is C10H22N2O2. The number of ether oxygens (including phenoxy) is 1. The number of rotatable bonds is 4. The molecule has 1 amide bonds. The van der Waals surface area contributed by atoms with E-state index >= 15 is 0 Å². The highest BCUT2D eigenvalue weighted by Gasteiger charge is 2.24. The number of alkyl carbamates (subject to hydrolysis) is 1. The van der Waals surface area contributed by atoms with E-state index in [0.29, 0.717) is 6.61 Å². The highest BCUT2D eigenvalue weighted by atomic mass is 16.5. The number of hydrogen-bond donors (Lipinski definition) is 2. The predicted molar refractivity (Wildman–Crippen MR) is 57.3 cm³/mol. The molecule has 0 rings (SSSR count). The fourth-order valence-electron chi connectivity index (χ4n) is 1.09. The fourth-order valence-corrected chi connectivity index (χ4v) is 1.09. The minimum atomic E-state index is -0.378. The van der Waals surface area contributed by atoms with E-state index in [1.54, 1.807) is 7.05 Å². The zero-order valence-electron chi connectivity index (χ0n) is 9.81. The first-order valence-electron chi connectivity index (χ1n) is 4.99. The molecule has 0 radical (unpaired) electrons. The molecule has 1 atom stereocenters. The lowest BCUT2D eigenvalue weighted by Gasteiger charge is -2.30. The highest BCUT2D eigenvalue weighted by molar-refractivity contribution is 5.66. The fraction of sp³-hybridized carbons (Fsp3) is 0.900. The van der Waals surface area contributed by atoms with Crippen molar-refractivity contribution in [1.82, 2.24) is 10.6 Å². The summed E-state index contributed by atoms with van der Waals surface area (Å²) < 4.78 is 5.02. The van der Waals surface area contributed by atoms with Gasteiger partial charge in [0, 0.05) is 13.1 Å². The van der Waals surface area contributed by atoms with Gasteiger partial charge in [0.05, 0.1) is 0 Å². The van der Waals surface area contributed by atoms with Gasteiger partial charge in [-0.1, -0.05) is 27.7 Å². The van der Waals surface area contributed by atoms with E-state index in [1.165, 1.54) is 0 Å². The van der Waals surface area contributed by atoms with Crippen LogP contribution in [0.5, 0.6) is 0 Å². The van der Waals surface area contributed by atoms with Gasteiger partial charge in [0.1, 0.15) is 6.61 Å². The van der Waals surface area contributed by atoms with Gasteiger partial charge in [0.2, 0.25) is 0 Å². The molecule has 0 aromatic carbocycles. The number of carbonyl (C=O) groups excluding carboxylic acids is 1. The molecule has 0 aromatic heterocycles. The van der Waals surface area contributed by atoms with Crippen LogP contribution in [0.3, 0.4) is 0 Å². The molecular weight excluding hydrogens is 180 g/mol. The lowest BCUT2D eigenvalue weighted by Crippen LogP contribution is -2.44. The van der Waals surface area contributed by atoms with E-state index in [0.717, 1.165) is 6.54 Å². The van der Waals surface area contributed by atoms with Crippen molar-refractivity contribution in [2.75, 3.05) is 20.2 Å². The van der Waals surface area contributed by atoms with Gasteiger partial charge in [0.25, 0.3) is 0 Å². The Bertz CT molecular complexity index is 175. The van der Waals surface area contributed by atoms with Crippen molar-refractivity contribution in [3.8, 4) is 0 Å². The van der Waals surface area contributed by atoms with Crippen LogP contribution in [-0.2, 0) is 4.74 Å². The summed E-state index contributed by atoms with van der Waals surface area (Å²) >= 11 is 0. The van der Waals surface area contributed by atoms with Crippen LogP contribution < -0.4 is 10.6 Å². The van der Waals surface area contributed by atoms with Gasteiger partial charge in [-0.3, -0.25) is 0 Å². The topological polar surface area (TPSA) is 50.4 Å². The average Bonchev–Trinajstić information content (AvgIpc) is 2.09. The molecule has 0 fully saturated rings. The zero-order chi connectivity index (χ0) is 11.2. The van der Waals surface area contributed by atoms with Crippen LogP contribution in [0.1, 0.15) is 27.7 Å². The van der Waals surface area contributed by atoms with Crippen LogP contribution in [-0.4, -0.2) is 32.3 Å². The highest BCUT2D eigenvalue weighted by Crippen LogP contribution is 2.19. The zero-order valence-corrected chi connectivity index (χ0v) is 9.81. The molecule has 0 spiro atoms. The van der Waals surface area contributed by atoms with Crippen LogP contribution in [0.4, 0.5) is 4.79 Å². The van der Waals surface area contributed by atoms with Crippen LogP contribution in [0.25, 0.3) is 0 Å². The number of nitrogens with one attached hydrogen (secondary N) is 2. The van der Waals surface area contributed by atoms with Gasteiger partial charge in [0.15, 0.2) is 0 Å². The van der Waals surface area contributed by atoms with Gasteiger partial charge in [-0.05, 0) is 12.0 Å². The largest absolute Gasteiger partial charge is 0.448 e. The van der Waals surface area contributed by atoms with E-state index in [1.807, 2.05) is 6.92 Å². The third kappa shape index (κ3) is 5.07. The second-order valence-corrected chi connectivity index (χ2v) is 4.32. The van der Waals surface area contributed by atoms with Gasteiger partial charge < -0.3 is 15.4 Å². The third-order valence-corrected chi connectivity index (χ3v) is 2.08. The van der Waals surface area contributed by atoms with Gasteiger partial charge >= 0.3 is 6.09 Å². The Morgan fingerprint density at radius 3 is 2.36 bits per heavy atom. The number of amides is 1. The summed E-state index contributed by atoms with van der Waals surface area (Å²) in [6.07, 6.45) is -0.378. The quantitative estimate of drug-likeness (QED) is 0.724. The summed E-state index contributed by atoms with van der Waals surface area (Å²) in [5.41, 5.74) is 0.0873. The molecule has 0 aliphatic carbocycles. The number of carbonyl (C=O) groups is 1.